The first-order valence-corrected chi connectivity index (χ1v) is 6.66. The Balaban J connectivity index is 2.06. The Kier molecular flexibility index (Phi) is 5.35. The van der Waals surface area contributed by atoms with Gasteiger partial charge in [-0.2, -0.15) is 0 Å². The zero-order chi connectivity index (χ0) is 15.1. The third kappa shape index (κ3) is 4.61. The molecular weight excluding hydrogens is 292 g/mol. The Bertz CT molecular complexity index is 598. The first-order chi connectivity index (χ1) is 10.2. The van der Waals surface area contributed by atoms with Crippen LogP contribution in [0.15, 0.2) is 60.7 Å². The number of esters is 1. The molecule has 0 fully saturated rings. The van der Waals surface area contributed by atoms with E-state index in [-0.39, 0.29) is 6.61 Å². The van der Waals surface area contributed by atoms with Gasteiger partial charge in [0, 0.05) is 17.2 Å². The molecule has 0 aromatic heterocycles. The van der Waals surface area contributed by atoms with Crippen molar-refractivity contribution in [1.29, 1.82) is 0 Å². The summed E-state index contributed by atoms with van der Waals surface area (Å²) in [6.07, 6.45) is -1.17. The van der Waals surface area contributed by atoms with Gasteiger partial charge in [0.15, 0.2) is 0 Å². The maximum Gasteiger partial charge on any atom is 0.404 e. The minimum atomic E-state index is -1.17. The van der Waals surface area contributed by atoms with Crippen molar-refractivity contribution < 1.29 is 19.1 Å². The molecule has 0 saturated carbocycles. The molecule has 1 unspecified atom stereocenters. The van der Waals surface area contributed by atoms with Crippen LogP contribution in [0.1, 0.15) is 17.2 Å². The molecule has 4 nitrogen and oxygen atoms in total. The highest BCUT2D eigenvalue weighted by Gasteiger charge is 2.25. The van der Waals surface area contributed by atoms with Gasteiger partial charge in [0.2, 0.25) is 6.10 Å². The molecule has 108 valence electrons. The van der Waals surface area contributed by atoms with Crippen molar-refractivity contribution in [3.8, 4) is 0 Å². The summed E-state index contributed by atoms with van der Waals surface area (Å²) in [5.74, 6) is -0.668. The summed E-state index contributed by atoms with van der Waals surface area (Å²) in [6, 6.07) is 17.8. The van der Waals surface area contributed by atoms with Crippen LogP contribution in [-0.4, -0.2) is 11.4 Å². The number of hydrogen-bond acceptors (Lipinski definition) is 4. The average Bonchev–Trinajstić information content (AvgIpc) is 2.52. The molecule has 0 amide bonds. The lowest BCUT2D eigenvalue weighted by Crippen LogP contribution is -2.20. The van der Waals surface area contributed by atoms with Gasteiger partial charge in [-0.15, -0.1) is 0 Å². The second-order valence-corrected chi connectivity index (χ2v) is 4.55. The van der Waals surface area contributed by atoms with Gasteiger partial charge in [0.05, 0.1) is 0 Å². The van der Waals surface area contributed by atoms with E-state index in [2.05, 4.69) is 0 Å². The molecule has 0 aliphatic heterocycles. The highest BCUT2D eigenvalue weighted by Crippen LogP contribution is 2.21. The predicted octanol–water partition coefficient (Wildman–Crippen LogP) is 3.85. The zero-order valence-electron chi connectivity index (χ0n) is 11.1. The molecule has 1 atom stereocenters. The number of benzene rings is 2. The molecule has 2 rings (SSSR count). The molecule has 0 bridgehead atoms. The molecular formula is C16H13ClO4. The molecule has 2 aromatic carbocycles. The first kappa shape index (κ1) is 15.1. The number of carbonyl (C=O) groups excluding carboxylic acids is 2. The van der Waals surface area contributed by atoms with Gasteiger partial charge in [-0.25, -0.2) is 9.59 Å². The largest absolute Gasteiger partial charge is 0.458 e. The van der Waals surface area contributed by atoms with Gasteiger partial charge in [0.25, 0.3) is 0 Å². The molecule has 0 N–H and O–H groups in total. The van der Waals surface area contributed by atoms with Crippen molar-refractivity contribution in [3.05, 3.63) is 71.8 Å². The summed E-state index contributed by atoms with van der Waals surface area (Å²) >= 11 is 5.21. The second-order valence-electron chi connectivity index (χ2n) is 4.24. The third-order valence-electron chi connectivity index (χ3n) is 2.75. The molecule has 0 radical (unpaired) electrons. The normalized spacial score (nSPS) is 11.5. The molecule has 0 heterocycles. The van der Waals surface area contributed by atoms with E-state index in [1.54, 1.807) is 30.3 Å². The van der Waals surface area contributed by atoms with Crippen LogP contribution < -0.4 is 0 Å². The van der Waals surface area contributed by atoms with E-state index in [1.165, 1.54) is 0 Å². The van der Waals surface area contributed by atoms with Crippen LogP contribution >= 0.6 is 11.6 Å². The van der Waals surface area contributed by atoms with Crippen LogP contribution in [0.3, 0.4) is 0 Å². The van der Waals surface area contributed by atoms with E-state index in [9.17, 15) is 9.59 Å². The topological polar surface area (TPSA) is 52.6 Å². The van der Waals surface area contributed by atoms with Gasteiger partial charge in [0.1, 0.15) is 6.61 Å². The number of carbonyl (C=O) groups is 2. The van der Waals surface area contributed by atoms with E-state index in [4.69, 9.17) is 21.1 Å². The quantitative estimate of drug-likeness (QED) is 0.622. The fraction of sp³-hybridized carbons (Fsp3) is 0.125. The van der Waals surface area contributed by atoms with E-state index in [1.807, 2.05) is 30.3 Å². The SMILES string of the molecule is O=C(Cl)OC(C(=O)OCc1ccccc1)c1ccccc1. The fourth-order valence-electron chi connectivity index (χ4n) is 1.78. The lowest BCUT2D eigenvalue weighted by molar-refractivity contribution is -0.155. The smallest absolute Gasteiger partial charge is 0.404 e. The second kappa shape index (κ2) is 7.45. The van der Waals surface area contributed by atoms with Crippen LogP contribution in [0, 0.1) is 0 Å². The molecule has 5 heteroatoms. The van der Waals surface area contributed by atoms with Crippen LogP contribution in [-0.2, 0) is 20.9 Å². The average molecular weight is 305 g/mol. The summed E-state index contributed by atoms with van der Waals surface area (Å²) in [5.41, 5.74) is 0.292. The number of rotatable bonds is 5. The minimum Gasteiger partial charge on any atom is -0.458 e. The maximum atomic E-state index is 12.1. The van der Waals surface area contributed by atoms with Crippen molar-refractivity contribution in [3.63, 3.8) is 0 Å². The summed E-state index contributed by atoms with van der Waals surface area (Å²) in [5, 5.41) is 0. The number of ether oxygens (including phenoxy) is 2. The zero-order valence-corrected chi connectivity index (χ0v) is 11.8. The van der Waals surface area contributed by atoms with Gasteiger partial charge >= 0.3 is 11.4 Å². The first-order valence-electron chi connectivity index (χ1n) is 6.28. The Hall–Kier alpha value is -2.33. The lowest BCUT2D eigenvalue weighted by atomic mass is 10.1. The molecule has 0 saturated heterocycles. The third-order valence-corrected chi connectivity index (χ3v) is 2.84. The number of hydrogen-bond donors (Lipinski definition) is 0. The van der Waals surface area contributed by atoms with E-state index in [0.29, 0.717) is 5.56 Å². The molecule has 21 heavy (non-hydrogen) atoms. The Morgan fingerprint density at radius 3 is 2.10 bits per heavy atom. The van der Waals surface area contributed by atoms with Gasteiger partial charge in [-0.1, -0.05) is 60.7 Å². The van der Waals surface area contributed by atoms with Crippen molar-refractivity contribution in [2.24, 2.45) is 0 Å². The lowest BCUT2D eigenvalue weighted by Gasteiger charge is -2.15. The van der Waals surface area contributed by atoms with Gasteiger partial charge < -0.3 is 9.47 Å². The van der Waals surface area contributed by atoms with E-state index < -0.39 is 17.5 Å². The highest BCUT2D eigenvalue weighted by molar-refractivity contribution is 6.61. The van der Waals surface area contributed by atoms with E-state index >= 15 is 0 Å². The highest BCUT2D eigenvalue weighted by atomic mass is 35.5. The summed E-state index contributed by atoms with van der Waals surface area (Å²) in [7, 11) is 0. The monoisotopic (exact) mass is 304 g/mol. The maximum absolute atomic E-state index is 12.1. The summed E-state index contributed by atoms with van der Waals surface area (Å²) in [4.78, 5) is 23.0. The van der Waals surface area contributed by atoms with Crippen LogP contribution in [0.5, 0.6) is 0 Å². The molecule has 0 aliphatic carbocycles. The van der Waals surface area contributed by atoms with E-state index in [0.717, 1.165) is 5.56 Å². The van der Waals surface area contributed by atoms with Gasteiger partial charge in [-0.05, 0) is 5.56 Å². The number of halogens is 1. The molecule has 2 aromatic rings. The van der Waals surface area contributed by atoms with Crippen LogP contribution in [0.2, 0.25) is 0 Å². The Morgan fingerprint density at radius 1 is 0.952 bits per heavy atom. The summed E-state index contributed by atoms with van der Waals surface area (Å²) in [6.45, 7) is 0.100. The Morgan fingerprint density at radius 2 is 1.52 bits per heavy atom. The van der Waals surface area contributed by atoms with Crippen molar-refractivity contribution in [2.45, 2.75) is 12.7 Å². The predicted molar refractivity (Wildman–Crippen MR) is 77.8 cm³/mol. The van der Waals surface area contributed by atoms with Crippen molar-refractivity contribution in [1.82, 2.24) is 0 Å². The molecule has 0 spiro atoms. The van der Waals surface area contributed by atoms with Crippen molar-refractivity contribution >= 4 is 23.0 Å². The van der Waals surface area contributed by atoms with Crippen LogP contribution in [0.25, 0.3) is 0 Å². The van der Waals surface area contributed by atoms with Gasteiger partial charge in [-0.3, -0.25) is 0 Å². The molecule has 0 aliphatic rings. The standard InChI is InChI=1S/C16H13ClO4/c17-16(19)21-14(13-9-5-2-6-10-13)15(18)20-11-12-7-3-1-4-8-12/h1-10,14H,11H2. The fourth-order valence-corrected chi connectivity index (χ4v) is 1.87. The van der Waals surface area contributed by atoms with Crippen molar-refractivity contribution in [2.75, 3.05) is 0 Å². The summed E-state index contributed by atoms with van der Waals surface area (Å²) < 4.78 is 10.0. The van der Waals surface area contributed by atoms with Crippen LogP contribution in [0.4, 0.5) is 4.79 Å². The Labute approximate surface area is 127 Å². The minimum absolute atomic E-state index is 0.100.